The van der Waals surface area contributed by atoms with Crippen LogP contribution in [0.25, 0.3) is 0 Å². The van der Waals surface area contributed by atoms with E-state index in [0.717, 1.165) is 31.3 Å². The average Bonchev–Trinajstić information content (AvgIpc) is 1.54. The highest BCUT2D eigenvalue weighted by Gasteiger charge is 2.69. The summed E-state index contributed by atoms with van der Waals surface area (Å²) >= 11 is 0. The molecule has 37 heteroatoms. The van der Waals surface area contributed by atoms with Gasteiger partial charge >= 0.3 is 0 Å². The minimum atomic E-state index is -2.24. The van der Waals surface area contributed by atoms with Gasteiger partial charge in [0.1, 0.15) is 159 Å². The van der Waals surface area contributed by atoms with Gasteiger partial charge in [-0.05, 0) is 92.8 Å². The Morgan fingerprint density at radius 3 is 1.68 bits per heavy atom. The molecule has 0 aromatic carbocycles. The summed E-state index contributed by atoms with van der Waals surface area (Å²) in [6.07, 6.45) is -53.9. The van der Waals surface area contributed by atoms with Gasteiger partial charge in [0.25, 0.3) is 0 Å². The van der Waals surface area contributed by atoms with Crippen LogP contribution in [-0.2, 0) is 71.1 Å². The van der Waals surface area contributed by atoms with Crippen LogP contribution >= 0.6 is 0 Å². The zero-order valence-electron chi connectivity index (χ0n) is 58.7. The summed E-state index contributed by atoms with van der Waals surface area (Å²) in [5.74, 6) is -0.886. The first-order valence-corrected chi connectivity index (χ1v) is 36.5. The molecule has 0 spiro atoms. The van der Waals surface area contributed by atoms with Crippen molar-refractivity contribution >= 4 is 0 Å². The van der Waals surface area contributed by atoms with Crippen LogP contribution in [0.5, 0.6) is 0 Å². The monoisotopic (exact) mass is 1520 g/mol. The zero-order chi connectivity index (χ0) is 76.0. The maximum absolute atomic E-state index is 12.6. The second kappa shape index (κ2) is 33.2. The van der Waals surface area contributed by atoms with Crippen molar-refractivity contribution in [3.05, 3.63) is 23.8 Å². The molecule has 44 atom stereocenters. The van der Waals surface area contributed by atoms with Crippen LogP contribution in [0.3, 0.4) is 0 Å². The van der Waals surface area contributed by atoms with E-state index in [9.17, 15) is 112 Å². The highest BCUT2D eigenvalue weighted by Crippen LogP contribution is 2.70. The molecule has 4 aliphatic carbocycles. The standard InChI is InChI=1S/C68H110O37/c1-23(20-91-59-49(84)45(80)41(76)33(16-69)96-59)8-13-68(90)24(2)38-32(105-68)15-30-28-7-6-26-14-27(9-11-66(26,4)29(28)10-12-67(30,38)5)95-65-58(104-62-51(86)44(79)39(74)25(3)94-62)53(88)55(36(19-72)99-65)102-64-54(89)57(43(78)35(18-71)98-64)103-63-52(87)47(82)56(101-61-48(83)40(75)31(73)21-92-61)37(100-63)22-93-60-50(85)46(81)42(77)34(17-70)97-60/h6,24-25,27-65,69-90H,1,7-22H2,2-5H3. The second-order valence-electron chi connectivity index (χ2n) is 31.4. The van der Waals surface area contributed by atoms with E-state index < -0.39 is 260 Å². The van der Waals surface area contributed by atoms with Gasteiger partial charge in [-0.3, -0.25) is 0 Å². The van der Waals surface area contributed by atoms with Crippen molar-refractivity contribution in [1.82, 2.24) is 0 Å². The third kappa shape index (κ3) is 15.7. The van der Waals surface area contributed by atoms with Crippen LogP contribution in [0.15, 0.2) is 23.8 Å². The molecule has 8 aliphatic heterocycles. The molecule has 0 aromatic heterocycles. The molecular weight excluding hydrogens is 1410 g/mol. The number of hydrogen-bond acceptors (Lipinski definition) is 37. The fraction of sp³-hybridized carbons (Fsp3) is 0.941. The number of ether oxygens (including phenoxy) is 15. The second-order valence-corrected chi connectivity index (χ2v) is 31.4. The maximum Gasteiger partial charge on any atom is 0.187 e. The molecule has 11 fully saturated rings. The van der Waals surface area contributed by atoms with Gasteiger partial charge in [0, 0.05) is 12.3 Å². The summed E-state index contributed by atoms with van der Waals surface area (Å²) in [4.78, 5) is 0. The molecule has 0 amide bonds. The van der Waals surface area contributed by atoms with Gasteiger partial charge in [0.2, 0.25) is 0 Å². The Morgan fingerprint density at radius 1 is 0.495 bits per heavy atom. The van der Waals surface area contributed by atoms with E-state index in [2.05, 4.69) is 26.5 Å². The molecule has 604 valence electrons. The normalized spacial score (nSPS) is 54.5. The van der Waals surface area contributed by atoms with Crippen molar-refractivity contribution < 1.29 is 183 Å². The molecule has 0 bridgehead atoms. The van der Waals surface area contributed by atoms with Crippen molar-refractivity contribution in [2.45, 2.75) is 312 Å². The Kier molecular flexibility index (Phi) is 26.1. The lowest BCUT2D eigenvalue weighted by Gasteiger charge is -2.58. The molecule has 37 nitrogen and oxygen atoms in total. The van der Waals surface area contributed by atoms with Gasteiger partial charge in [-0.2, -0.15) is 0 Å². The molecule has 8 heterocycles. The molecule has 105 heavy (non-hydrogen) atoms. The van der Waals surface area contributed by atoms with E-state index in [1.807, 2.05) is 6.92 Å². The van der Waals surface area contributed by atoms with E-state index in [-0.39, 0.29) is 59.6 Å². The Hall–Kier alpha value is -2.00. The first kappa shape index (κ1) is 82.5. The van der Waals surface area contributed by atoms with Crippen molar-refractivity contribution in [3.63, 3.8) is 0 Å². The molecule has 8 saturated heterocycles. The first-order chi connectivity index (χ1) is 49.7. The van der Waals surface area contributed by atoms with Gasteiger partial charge in [0.05, 0.1) is 64.6 Å². The third-order valence-corrected chi connectivity index (χ3v) is 25.2. The molecule has 44 unspecified atom stereocenters. The van der Waals surface area contributed by atoms with E-state index in [1.165, 1.54) is 6.92 Å². The highest BCUT2D eigenvalue weighted by atomic mass is 16.8. The predicted molar refractivity (Wildman–Crippen MR) is 342 cm³/mol. The lowest BCUT2D eigenvalue weighted by molar-refractivity contribution is -0.400. The average molecular weight is 1520 g/mol. The Bertz CT molecular complexity index is 2890. The van der Waals surface area contributed by atoms with Crippen molar-refractivity contribution in [2.24, 2.45) is 40.4 Å². The Morgan fingerprint density at radius 2 is 1.02 bits per heavy atom. The number of aliphatic hydroxyl groups is 22. The van der Waals surface area contributed by atoms with Crippen LogP contribution < -0.4 is 0 Å². The van der Waals surface area contributed by atoms with E-state index >= 15 is 0 Å². The molecule has 0 aromatic rings. The lowest BCUT2D eigenvalue weighted by atomic mass is 9.47. The maximum atomic E-state index is 12.6. The number of rotatable bonds is 23. The zero-order valence-corrected chi connectivity index (χ0v) is 58.7. The molecule has 3 saturated carbocycles. The predicted octanol–water partition coefficient (Wildman–Crippen LogP) is -8.98. The van der Waals surface area contributed by atoms with Crippen molar-refractivity contribution in [1.29, 1.82) is 0 Å². The Labute approximate surface area is 604 Å². The third-order valence-electron chi connectivity index (χ3n) is 25.2. The molecule has 12 rings (SSSR count). The SMILES string of the molecule is C=C(CCC1(O)OC2CC3C4CC=C5CC(OC6OC(CO)C(OC7OC(CO)C(O)C(OC8OC(COC9OC(CO)C(O)C(O)C9O)C(OC9OCC(O)C(O)C9O)C(O)C8O)C7O)C(O)C6OC6OC(C)C(O)C(O)C6O)CCC5(C)C4CCC3(C)C2C1C)COC1OC(CO)C(O)C(O)C1O. The van der Waals surface area contributed by atoms with E-state index in [0.29, 0.717) is 31.3 Å². The fourth-order valence-electron chi connectivity index (χ4n) is 18.9. The number of allylic oxidation sites excluding steroid dienone is 1. The first-order valence-electron chi connectivity index (χ1n) is 36.5. The van der Waals surface area contributed by atoms with Crippen LogP contribution in [0.2, 0.25) is 0 Å². The Balaban J connectivity index is 0.718. The van der Waals surface area contributed by atoms with Crippen LogP contribution in [0.1, 0.15) is 85.5 Å². The van der Waals surface area contributed by atoms with Gasteiger partial charge in [0.15, 0.2) is 49.8 Å². The van der Waals surface area contributed by atoms with E-state index in [4.69, 9.17) is 71.1 Å². The van der Waals surface area contributed by atoms with Gasteiger partial charge in [-0.1, -0.05) is 44.6 Å². The molecule has 22 N–H and O–H groups in total. The topological polar surface area (TPSA) is 584 Å². The fourth-order valence-corrected chi connectivity index (χ4v) is 18.9. The van der Waals surface area contributed by atoms with Gasteiger partial charge < -0.3 is 183 Å². The summed E-state index contributed by atoms with van der Waals surface area (Å²) in [6, 6.07) is 0. The summed E-state index contributed by atoms with van der Waals surface area (Å²) in [5, 5.41) is 240. The summed E-state index contributed by atoms with van der Waals surface area (Å²) < 4.78 is 89.7. The summed E-state index contributed by atoms with van der Waals surface area (Å²) in [6.45, 7) is 7.21. The smallest absolute Gasteiger partial charge is 0.187 e. The van der Waals surface area contributed by atoms with Crippen LogP contribution in [0, 0.1) is 40.4 Å². The van der Waals surface area contributed by atoms with Gasteiger partial charge in [-0.15, -0.1) is 0 Å². The van der Waals surface area contributed by atoms with Crippen molar-refractivity contribution in [3.8, 4) is 0 Å². The van der Waals surface area contributed by atoms with Crippen LogP contribution in [-0.4, -0.2) is 385 Å². The summed E-state index contributed by atoms with van der Waals surface area (Å²) in [7, 11) is 0. The molecule has 0 radical (unpaired) electrons. The van der Waals surface area contributed by atoms with Gasteiger partial charge in [-0.25, -0.2) is 0 Å². The summed E-state index contributed by atoms with van der Waals surface area (Å²) in [5.41, 5.74) is 1.25. The van der Waals surface area contributed by atoms with Crippen LogP contribution in [0.4, 0.5) is 0 Å². The van der Waals surface area contributed by atoms with Crippen molar-refractivity contribution in [2.75, 3.05) is 46.2 Å². The number of hydrogen-bond donors (Lipinski definition) is 22. The molecule has 12 aliphatic rings. The number of aliphatic hydroxyl groups excluding tert-OH is 21. The minimum absolute atomic E-state index is 0.0405. The highest BCUT2D eigenvalue weighted by molar-refractivity contribution is 5.27. The number of fused-ring (bicyclic) bond motifs is 7. The minimum Gasteiger partial charge on any atom is -0.394 e. The lowest BCUT2D eigenvalue weighted by Crippen LogP contribution is -2.68. The molecular formula is C68H110O37. The largest absolute Gasteiger partial charge is 0.394 e. The quantitative estimate of drug-likeness (QED) is 0.0423. The van der Waals surface area contributed by atoms with E-state index in [1.54, 1.807) is 0 Å².